The standard InChI is InChI=1S/C13H17Br2NO4S/c1-12(2,11(17)18)13(3,4)16-21(19,20)10-7-8(14)5-6-9(10)15/h5-7,16H,1-4H3,(H,17,18). The van der Waals surface area contributed by atoms with Crippen LogP contribution in [0.3, 0.4) is 0 Å². The van der Waals surface area contributed by atoms with Crippen molar-refractivity contribution in [3.63, 3.8) is 0 Å². The monoisotopic (exact) mass is 441 g/mol. The normalized spacial score (nSPS) is 13.2. The van der Waals surface area contributed by atoms with E-state index >= 15 is 0 Å². The first-order valence-corrected chi connectivity index (χ1v) is 9.10. The fourth-order valence-electron chi connectivity index (χ4n) is 1.47. The molecule has 0 spiro atoms. The number of aliphatic carboxylic acids is 1. The number of benzene rings is 1. The van der Waals surface area contributed by atoms with Gasteiger partial charge < -0.3 is 5.11 Å². The molecule has 0 saturated heterocycles. The number of carbonyl (C=O) groups is 1. The number of carboxylic acid groups (broad SMARTS) is 1. The average molecular weight is 443 g/mol. The van der Waals surface area contributed by atoms with Gasteiger partial charge in [-0.2, -0.15) is 0 Å². The first-order valence-electron chi connectivity index (χ1n) is 6.04. The van der Waals surface area contributed by atoms with Gasteiger partial charge in [0.1, 0.15) is 0 Å². The van der Waals surface area contributed by atoms with Crippen LogP contribution in [-0.4, -0.2) is 25.0 Å². The molecule has 5 nitrogen and oxygen atoms in total. The molecule has 0 aliphatic rings. The lowest BCUT2D eigenvalue weighted by Crippen LogP contribution is -2.56. The number of hydrogen-bond acceptors (Lipinski definition) is 3. The molecule has 0 unspecified atom stereocenters. The lowest BCUT2D eigenvalue weighted by molar-refractivity contribution is -0.150. The molecular formula is C13H17Br2NO4S. The highest BCUT2D eigenvalue weighted by atomic mass is 79.9. The van der Waals surface area contributed by atoms with E-state index in [9.17, 15) is 18.3 Å². The highest BCUT2D eigenvalue weighted by Crippen LogP contribution is 2.33. The number of sulfonamides is 1. The van der Waals surface area contributed by atoms with Crippen molar-refractivity contribution in [1.29, 1.82) is 0 Å². The highest BCUT2D eigenvalue weighted by molar-refractivity contribution is 9.11. The smallest absolute Gasteiger partial charge is 0.310 e. The summed E-state index contributed by atoms with van der Waals surface area (Å²) in [6, 6.07) is 4.76. The summed E-state index contributed by atoms with van der Waals surface area (Å²) >= 11 is 6.42. The largest absolute Gasteiger partial charge is 0.481 e. The van der Waals surface area contributed by atoms with Crippen LogP contribution in [0.4, 0.5) is 0 Å². The molecular weight excluding hydrogens is 426 g/mol. The molecule has 0 aromatic heterocycles. The molecule has 2 N–H and O–H groups in total. The van der Waals surface area contributed by atoms with Gasteiger partial charge in [0, 0.05) is 14.5 Å². The molecule has 1 rings (SSSR count). The Bertz CT molecular complexity index is 669. The zero-order valence-electron chi connectivity index (χ0n) is 12.1. The molecule has 0 aliphatic heterocycles. The van der Waals surface area contributed by atoms with Crippen LogP contribution in [-0.2, 0) is 14.8 Å². The highest BCUT2D eigenvalue weighted by Gasteiger charge is 2.46. The number of nitrogens with one attached hydrogen (secondary N) is 1. The number of carboxylic acids is 1. The summed E-state index contributed by atoms with van der Waals surface area (Å²) in [5, 5.41) is 9.29. The molecule has 0 radical (unpaired) electrons. The van der Waals surface area contributed by atoms with Crippen LogP contribution in [0.1, 0.15) is 27.7 Å². The van der Waals surface area contributed by atoms with Gasteiger partial charge in [-0.25, -0.2) is 13.1 Å². The lowest BCUT2D eigenvalue weighted by Gasteiger charge is -2.38. The lowest BCUT2D eigenvalue weighted by atomic mass is 9.75. The second-order valence-corrected chi connectivity index (χ2v) is 9.16. The minimum atomic E-state index is -3.88. The van der Waals surface area contributed by atoms with Crippen molar-refractivity contribution in [2.45, 2.75) is 38.1 Å². The fourth-order valence-corrected chi connectivity index (χ4v) is 4.51. The van der Waals surface area contributed by atoms with Gasteiger partial charge in [0.2, 0.25) is 10.0 Å². The molecule has 0 atom stereocenters. The maximum atomic E-state index is 12.5. The third kappa shape index (κ3) is 3.85. The van der Waals surface area contributed by atoms with Crippen molar-refractivity contribution < 1.29 is 18.3 Å². The van der Waals surface area contributed by atoms with Gasteiger partial charge in [-0.05, 0) is 61.8 Å². The molecule has 0 amide bonds. The molecule has 0 aliphatic carbocycles. The van der Waals surface area contributed by atoms with Gasteiger partial charge in [0.15, 0.2) is 0 Å². The first kappa shape index (κ1) is 18.6. The summed E-state index contributed by atoms with van der Waals surface area (Å²) < 4.78 is 28.6. The minimum absolute atomic E-state index is 0.0474. The Morgan fingerprint density at radius 3 is 2.19 bits per heavy atom. The molecule has 0 heterocycles. The van der Waals surface area contributed by atoms with E-state index in [0.717, 1.165) is 0 Å². The Morgan fingerprint density at radius 1 is 1.19 bits per heavy atom. The maximum absolute atomic E-state index is 12.5. The van der Waals surface area contributed by atoms with Crippen LogP contribution in [0.5, 0.6) is 0 Å². The van der Waals surface area contributed by atoms with Crippen molar-refractivity contribution in [3.8, 4) is 0 Å². The molecule has 0 fully saturated rings. The summed E-state index contributed by atoms with van der Waals surface area (Å²) in [6.07, 6.45) is 0. The maximum Gasteiger partial charge on any atom is 0.310 e. The Hall–Kier alpha value is -0.440. The van der Waals surface area contributed by atoms with E-state index in [2.05, 4.69) is 36.6 Å². The van der Waals surface area contributed by atoms with Crippen molar-refractivity contribution in [3.05, 3.63) is 27.1 Å². The second-order valence-electron chi connectivity index (χ2n) is 5.74. The van der Waals surface area contributed by atoms with E-state index in [1.165, 1.54) is 19.9 Å². The van der Waals surface area contributed by atoms with E-state index in [-0.39, 0.29) is 4.90 Å². The number of hydrogen-bond donors (Lipinski definition) is 2. The molecule has 1 aromatic rings. The van der Waals surface area contributed by atoms with Crippen molar-refractivity contribution >= 4 is 47.9 Å². The van der Waals surface area contributed by atoms with Crippen molar-refractivity contribution in [2.24, 2.45) is 5.41 Å². The second kappa shape index (κ2) is 5.98. The molecule has 0 saturated carbocycles. The topological polar surface area (TPSA) is 83.5 Å². The summed E-state index contributed by atoms with van der Waals surface area (Å²) in [5.74, 6) is -1.08. The SMILES string of the molecule is CC(C)(NS(=O)(=O)c1cc(Br)ccc1Br)C(C)(C)C(=O)O. The van der Waals surface area contributed by atoms with E-state index in [4.69, 9.17) is 0 Å². The van der Waals surface area contributed by atoms with Gasteiger partial charge >= 0.3 is 5.97 Å². The predicted molar refractivity (Wildman–Crippen MR) is 87.7 cm³/mol. The van der Waals surface area contributed by atoms with Crippen LogP contribution in [0.2, 0.25) is 0 Å². The van der Waals surface area contributed by atoms with Gasteiger partial charge in [0.05, 0.1) is 10.3 Å². The van der Waals surface area contributed by atoms with Gasteiger partial charge in [-0.1, -0.05) is 15.9 Å². The van der Waals surface area contributed by atoms with Crippen LogP contribution in [0.15, 0.2) is 32.0 Å². The van der Waals surface area contributed by atoms with Gasteiger partial charge in [-0.3, -0.25) is 4.79 Å². The first-order chi connectivity index (χ1) is 9.31. The van der Waals surface area contributed by atoms with Crippen molar-refractivity contribution in [1.82, 2.24) is 4.72 Å². The quantitative estimate of drug-likeness (QED) is 0.731. The van der Waals surface area contributed by atoms with Crippen molar-refractivity contribution in [2.75, 3.05) is 0 Å². The Labute approximate surface area is 141 Å². The van der Waals surface area contributed by atoms with Gasteiger partial charge in [0.25, 0.3) is 0 Å². The van der Waals surface area contributed by atoms with Crippen LogP contribution < -0.4 is 4.72 Å². The fraction of sp³-hybridized carbons (Fsp3) is 0.462. The Balaban J connectivity index is 3.28. The third-order valence-electron chi connectivity index (χ3n) is 3.67. The zero-order valence-corrected chi connectivity index (χ0v) is 16.1. The van der Waals surface area contributed by atoms with Crippen LogP contribution in [0, 0.1) is 5.41 Å². The summed E-state index contributed by atoms with van der Waals surface area (Å²) in [4.78, 5) is 11.4. The summed E-state index contributed by atoms with van der Waals surface area (Å²) in [7, 11) is -3.88. The van der Waals surface area contributed by atoms with Gasteiger partial charge in [-0.15, -0.1) is 0 Å². The number of halogens is 2. The zero-order chi connectivity index (χ0) is 16.6. The Kier molecular flexibility index (Phi) is 5.30. The summed E-state index contributed by atoms with van der Waals surface area (Å²) in [5.41, 5.74) is -2.46. The minimum Gasteiger partial charge on any atom is -0.481 e. The number of rotatable bonds is 5. The Morgan fingerprint density at radius 2 is 1.71 bits per heavy atom. The molecule has 1 aromatic carbocycles. The molecule has 118 valence electrons. The van der Waals surface area contributed by atoms with E-state index < -0.39 is 26.9 Å². The summed E-state index contributed by atoms with van der Waals surface area (Å²) in [6.45, 7) is 6.05. The molecule has 8 heteroatoms. The third-order valence-corrected chi connectivity index (χ3v) is 6.81. The average Bonchev–Trinajstić information content (AvgIpc) is 2.30. The molecule has 0 bridgehead atoms. The molecule has 21 heavy (non-hydrogen) atoms. The van der Waals surface area contributed by atoms with Crippen LogP contribution in [0.25, 0.3) is 0 Å². The van der Waals surface area contributed by atoms with E-state index in [1.807, 2.05) is 0 Å². The van der Waals surface area contributed by atoms with Crippen LogP contribution >= 0.6 is 31.9 Å². The van der Waals surface area contributed by atoms with E-state index in [1.54, 1.807) is 26.0 Å². The van der Waals surface area contributed by atoms with E-state index in [0.29, 0.717) is 8.95 Å². The predicted octanol–water partition coefficient (Wildman–Crippen LogP) is 3.38.